The van der Waals surface area contributed by atoms with E-state index >= 15 is 0 Å². The van der Waals surface area contributed by atoms with Crippen molar-refractivity contribution in [2.45, 2.75) is 20.8 Å². The van der Waals surface area contributed by atoms with Gasteiger partial charge in [-0.05, 0) is 39.0 Å². The molecular weight excluding hydrogens is 231 g/mol. The minimum atomic E-state index is -0.277. The Bertz CT molecular complexity index is 391. The van der Waals surface area contributed by atoms with E-state index in [9.17, 15) is 9.18 Å². The second-order valence-electron chi connectivity index (χ2n) is 4.06. The largest absolute Gasteiger partial charge is 0.362 e. The number of carbonyl (C=O) groups is 1. The van der Waals surface area contributed by atoms with Crippen LogP contribution in [0.2, 0.25) is 0 Å². The van der Waals surface area contributed by atoms with Gasteiger partial charge in [-0.3, -0.25) is 4.79 Å². The number of amides is 1. The van der Waals surface area contributed by atoms with E-state index in [1.54, 1.807) is 11.0 Å². The molecule has 0 unspecified atom stereocenters. The van der Waals surface area contributed by atoms with Crippen LogP contribution in [-0.4, -0.2) is 37.0 Å². The summed E-state index contributed by atoms with van der Waals surface area (Å²) in [6.07, 6.45) is 0. The van der Waals surface area contributed by atoms with Gasteiger partial charge in [0.1, 0.15) is 5.82 Å². The molecule has 4 heteroatoms. The molecule has 0 heterocycles. The molecule has 1 aromatic rings. The Morgan fingerprint density at radius 1 is 1.17 bits per heavy atom. The van der Waals surface area contributed by atoms with Gasteiger partial charge >= 0.3 is 0 Å². The summed E-state index contributed by atoms with van der Waals surface area (Å²) in [4.78, 5) is 15.7. The van der Waals surface area contributed by atoms with E-state index in [4.69, 9.17) is 0 Å². The summed E-state index contributed by atoms with van der Waals surface area (Å²) in [5.41, 5.74) is 0.748. The number of benzene rings is 1. The number of hydrogen-bond acceptors (Lipinski definition) is 2. The van der Waals surface area contributed by atoms with Crippen LogP contribution in [0.3, 0.4) is 0 Å². The standard InChI is InChI=1S/C14H21FN2O/c1-4-16(5-2)14(18)11-17(6-3)13-9-7-8-12(15)10-13/h7-10H,4-6,11H2,1-3H3. The van der Waals surface area contributed by atoms with Gasteiger partial charge in [0.2, 0.25) is 5.91 Å². The maximum atomic E-state index is 13.2. The molecule has 100 valence electrons. The van der Waals surface area contributed by atoms with Crippen molar-refractivity contribution in [1.29, 1.82) is 0 Å². The summed E-state index contributed by atoms with van der Waals surface area (Å²) >= 11 is 0. The molecule has 0 aromatic heterocycles. The topological polar surface area (TPSA) is 23.6 Å². The number of rotatable bonds is 6. The zero-order valence-electron chi connectivity index (χ0n) is 11.3. The molecule has 1 aromatic carbocycles. The molecule has 0 N–H and O–H groups in total. The molecule has 0 atom stereocenters. The van der Waals surface area contributed by atoms with Crippen molar-refractivity contribution in [3.8, 4) is 0 Å². The number of halogens is 1. The van der Waals surface area contributed by atoms with E-state index in [1.807, 2.05) is 31.7 Å². The average molecular weight is 252 g/mol. The SMILES string of the molecule is CCN(CC)C(=O)CN(CC)c1cccc(F)c1. The van der Waals surface area contributed by atoms with E-state index in [1.165, 1.54) is 12.1 Å². The predicted octanol–water partition coefficient (Wildman–Crippen LogP) is 2.52. The first-order chi connectivity index (χ1) is 8.62. The Hall–Kier alpha value is -1.58. The van der Waals surface area contributed by atoms with Gasteiger partial charge in [-0.1, -0.05) is 6.07 Å². The van der Waals surface area contributed by atoms with Crippen molar-refractivity contribution in [2.24, 2.45) is 0 Å². The van der Waals surface area contributed by atoms with Crippen LogP contribution >= 0.6 is 0 Å². The Labute approximate surface area is 108 Å². The Morgan fingerprint density at radius 3 is 2.33 bits per heavy atom. The first-order valence-electron chi connectivity index (χ1n) is 6.40. The minimum absolute atomic E-state index is 0.0751. The summed E-state index contributed by atoms with van der Waals surface area (Å²) in [5.74, 6) is -0.202. The predicted molar refractivity (Wildman–Crippen MR) is 72.2 cm³/mol. The van der Waals surface area contributed by atoms with Crippen molar-refractivity contribution >= 4 is 11.6 Å². The van der Waals surface area contributed by atoms with Crippen LogP contribution in [0.5, 0.6) is 0 Å². The van der Waals surface area contributed by atoms with Gasteiger partial charge in [0, 0.05) is 25.3 Å². The van der Waals surface area contributed by atoms with Crippen LogP contribution in [0.1, 0.15) is 20.8 Å². The van der Waals surface area contributed by atoms with Gasteiger partial charge < -0.3 is 9.80 Å². The molecule has 0 aliphatic heterocycles. The summed E-state index contributed by atoms with van der Waals surface area (Å²) in [7, 11) is 0. The number of hydrogen-bond donors (Lipinski definition) is 0. The van der Waals surface area contributed by atoms with E-state index in [0.29, 0.717) is 26.2 Å². The van der Waals surface area contributed by atoms with Crippen LogP contribution in [0.4, 0.5) is 10.1 Å². The Morgan fingerprint density at radius 2 is 1.83 bits per heavy atom. The maximum absolute atomic E-state index is 13.2. The van der Waals surface area contributed by atoms with E-state index in [2.05, 4.69) is 0 Å². The highest BCUT2D eigenvalue weighted by atomic mass is 19.1. The lowest BCUT2D eigenvalue weighted by Gasteiger charge is -2.26. The fourth-order valence-electron chi connectivity index (χ4n) is 1.90. The fourth-order valence-corrected chi connectivity index (χ4v) is 1.90. The lowest BCUT2D eigenvalue weighted by atomic mass is 10.2. The molecule has 0 spiro atoms. The van der Waals surface area contributed by atoms with E-state index < -0.39 is 0 Å². The van der Waals surface area contributed by atoms with Crippen molar-refractivity contribution in [1.82, 2.24) is 4.90 Å². The Kier molecular flexibility index (Phi) is 5.62. The third-order valence-electron chi connectivity index (χ3n) is 3.00. The lowest BCUT2D eigenvalue weighted by molar-refractivity contribution is -0.129. The van der Waals surface area contributed by atoms with Crippen molar-refractivity contribution in [3.05, 3.63) is 30.1 Å². The van der Waals surface area contributed by atoms with Gasteiger partial charge in [-0.2, -0.15) is 0 Å². The fraction of sp³-hybridized carbons (Fsp3) is 0.500. The van der Waals surface area contributed by atoms with Gasteiger partial charge in [0.25, 0.3) is 0 Å². The summed E-state index contributed by atoms with van der Waals surface area (Å²) in [6, 6.07) is 6.35. The summed E-state index contributed by atoms with van der Waals surface area (Å²) in [5, 5.41) is 0. The second kappa shape index (κ2) is 6.99. The molecular formula is C14H21FN2O. The van der Waals surface area contributed by atoms with Crippen molar-refractivity contribution in [2.75, 3.05) is 31.1 Å². The molecule has 0 aliphatic carbocycles. The second-order valence-corrected chi connectivity index (χ2v) is 4.06. The molecule has 18 heavy (non-hydrogen) atoms. The highest BCUT2D eigenvalue weighted by Gasteiger charge is 2.14. The number of anilines is 1. The van der Waals surface area contributed by atoms with Crippen molar-refractivity contribution < 1.29 is 9.18 Å². The zero-order valence-corrected chi connectivity index (χ0v) is 11.3. The van der Waals surface area contributed by atoms with Gasteiger partial charge in [-0.25, -0.2) is 4.39 Å². The third-order valence-corrected chi connectivity index (χ3v) is 3.00. The molecule has 0 saturated heterocycles. The highest BCUT2D eigenvalue weighted by Crippen LogP contribution is 2.15. The number of likely N-dealkylation sites (N-methyl/N-ethyl adjacent to an activating group) is 2. The maximum Gasteiger partial charge on any atom is 0.242 e. The van der Waals surface area contributed by atoms with E-state index in [-0.39, 0.29) is 11.7 Å². The van der Waals surface area contributed by atoms with Crippen LogP contribution in [-0.2, 0) is 4.79 Å². The Balaban J connectivity index is 2.76. The number of carbonyl (C=O) groups excluding carboxylic acids is 1. The molecule has 1 amide bonds. The molecule has 1 rings (SSSR count). The van der Waals surface area contributed by atoms with Gasteiger partial charge in [0.15, 0.2) is 0 Å². The summed E-state index contributed by atoms with van der Waals surface area (Å²) < 4.78 is 13.2. The first-order valence-corrected chi connectivity index (χ1v) is 6.40. The zero-order chi connectivity index (χ0) is 13.5. The van der Waals surface area contributed by atoms with Crippen LogP contribution in [0.25, 0.3) is 0 Å². The normalized spacial score (nSPS) is 10.2. The molecule has 0 aliphatic rings. The van der Waals surface area contributed by atoms with Crippen LogP contribution in [0.15, 0.2) is 24.3 Å². The third kappa shape index (κ3) is 3.72. The molecule has 0 saturated carbocycles. The molecule has 0 fully saturated rings. The molecule has 0 bridgehead atoms. The van der Waals surface area contributed by atoms with Crippen molar-refractivity contribution in [3.63, 3.8) is 0 Å². The molecule has 0 radical (unpaired) electrons. The lowest BCUT2D eigenvalue weighted by Crippen LogP contribution is -2.40. The van der Waals surface area contributed by atoms with Crippen LogP contribution in [0, 0.1) is 5.82 Å². The van der Waals surface area contributed by atoms with E-state index in [0.717, 1.165) is 5.69 Å². The summed E-state index contributed by atoms with van der Waals surface area (Å²) in [6.45, 7) is 8.25. The quantitative estimate of drug-likeness (QED) is 0.776. The highest BCUT2D eigenvalue weighted by molar-refractivity contribution is 5.81. The monoisotopic (exact) mass is 252 g/mol. The van der Waals surface area contributed by atoms with Crippen LogP contribution < -0.4 is 4.90 Å². The molecule has 3 nitrogen and oxygen atoms in total. The van der Waals surface area contributed by atoms with Gasteiger partial charge in [0.05, 0.1) is 6.54 Å². The number of nitrogens with zero attached hydrogens (tertiary/aromatic N) is 2. The minimum Gasteiger partial charge on any atom is -0.362 e. The average Bonchev–Trinajstić information content (AvgIpc) is 2.37. The smallest absolute Gasteiger partial charge is 0.242 e. The first kappa shape index (κ1) is 14.5. The van der Waals surface area contributed by atoms with Gasteiger partial charge in [-0.15, -0.1) is 0 Å².